The minimum absolute atomic E-state index is 0.199. The summed E-state index contributed by atoms with van der Waals surface area (Å²) >= 11 is 0. The third-order valence-corrected chi connectivity index (χ3v) is 19.6. The molecule has 9 N–H and O–H groups in total. The lowest BCUT2D eigenvalue weighted by Gasteiger charge is -2.46. The van der Waals surface area contributed by atoms with Crippen LogP contribution in [0.5, 0.6) is 0 Å². The van der Waals surface area contributed by atoms with Gasteiger partial charge in [-0.3, -0.25) is 4.79 Å². The molecule has 2 aliphatic rings. The SMILES string of the molecule is CCCCCCC/C=C\C/C=C\C/C=C\CCCCCCCCCCCCCCCCCCCCC(=O)NC(COC1OC(CO)C(OC2OC(CO)C(O)C(O)C2O)C(O)C1O)C(O)CCCCCCCCCCCCCCCCCCCCCCCCCCCC. The van der Waals surface area contributed by atoms with Gasteiger partial charge in [0.05, 0.1) is 32.0 Å². The maximum Gasteiger partial charge on any atom is 0.220 e. The number of rotatable bonds is 67. The molecule has 14 heteroatoms. The molecule has 14 nitrogen and oxygen atoms in total. The van der Waals surface area contributed by atoms with Crippen molar-refractivity contribution < 1.29 is 64.6 Å². The lowest BCUT2D eigenvalue weighted by Crippen LogP contribution is -2.65. The smallest absolute Gasteiger partial charge is 0.220 e. The molecule has 2 rings (SSSR count). The average Bonchev–Trinajstić information content (AvgIpc) is 0.852. The Morgan fingerprint density at radius 2 is 0.710 bits per heavy atom. The molecule has 0 spiro atoms. The normalized spacial score (nSPS) is 22.7. The molecular formula is C79H149NO13. The van der Waals surface area contributed by atoms with Crippen LogP contribution in [0.2, 0.25) is 0 Å². The lowest BCUT2D eigenvalue weighted by atomic mass is 9.97. The molecule has 2 aliphatic heterocycles. The fraction of sp³-hybridized carbons (Fsp3) is 0.911. The van der Waals surface area contributed by atoms with E-state index in [2.05, 4.69) is 55.6 Å². The number of allylic oxidation sites excluding steroid dienone is 6. The Morgan fingerprint density at radius 3 is 1.09 bits per heavy atom. The minimum atomic E-state index is -1.78. The molecule has 0 radical (unpaired) electrons. The zero-order valence-corrected chi connectivity index (χ0v) is 60.0. The summed E-state index contributed by atoms with van der Waals surface area (Å²) in [6.45, 7) is 2.91. The van der Waals surface area contributed by atoms with E-state index in [-0.39, 0.29) is 12.5 Å². The highest BCUT2D eigenvalue weighted by Crippen LogP contribution is 2.30. The molecule has 2 heterocycles. The van der Waals surface area contributed by atoms with Crippen LogP contribution in [0.1, 0.15) is 367 Å². The van der Waals surface area contributed by atoms with Gasteiger partial charge in [0.25, 0.3) is 0 Å². The van der Waals surface area contributed by atoms with Gasteiger partial charge in [0.2, 0.25) is 5.91 Å². The van der Waals surface area contributed by atoms with Crippen LogP contribution in [0.4, 0.5) is 0 Å². The highest BCUT2D eigenvalue weighted by atomic mass is 16.7. The van der Waals surface area contributed by atoms with Crippen LogP contribution in [-0.4, -0.2) is 140 Å². The summed E-state index contributed by atoms with van der Waals surface area (Å²) in [5.74, 6) is -0.199. The number of aliphatic hydroxyl groups is 8. The molecule has 548 valence electrons. The largest absolute Gasteiger partial charge is 0.394 e. The molecule has 1 amide bonds. The first kappa shape index (κ1) is 87.3. The zero-order chi connectivity index (χ0) is 67.3. The highest BCUT2D eigenvalue weighted by molar-refractivity contribution is 5.76. The van der Waals surface area contributed by atoms with Crippen LogP contribution >= 0.6 is 0 Å². The monoisotopic (exact) mass is 1320 g/mol. The third-order valence-electron chi connectivity index (χ3n) is 19.6. The van der Waals surface area contributed by atoms with Gasteiger partial charge in [-0.25, -0.2) is 0 Å². The molecule has 0 aromatic carbocycles. The van der Waals surface area contributed by atoms with Crippen molar-refractivity contribution in [2.24, 2.45) is 0 Å². The molecule has 0 saturated carbocycles. The van der Waals surface area contributed by atoms with Gasteiger partial charge in [0.1, 0.15) is 48.8 Å². The van der Waals surface area contributed by atoms with Crippen LogP contribution < -0.4 is 5.32 Å². The van der Waals surface area contributed by atoms with Gasteiger partial charge in [-0.1, -0.05) is 346 Å². The molecule has 0 aromatic rings. The van der Waals surface area contributed by atoms with E-state index in [4.69, 9.17) is 18.9 Å². The molecule has 2 saturated heterocycles. The Bertz CT molecular complexity index is 1700. The molecule has 93 heavy (non-hydrogen) atoms. The van der Waals surface area contributed by atoms with Gasteiger partial charge >= 0.3 is 0 Å². The summed E-state index contributed by atoms with van der Waals surface area (Å²) in [4.78, 5) is 13.4. The summed E-state index contributed by atoms with van der Waals surface area (Å²) in [5, 5.41) is 87.8. The van der Waals surface area contributed by atoms with Crippen molar-refractivity contribution in [3.63, 3.8) is 0 Å². The van der Waals surface area contributed by atoms with Gasteiger partial charge in [-0.05, 0) is 51.4 Å². The molecule has 2 fully saturated rings. The number of carbonyl (C=O) groups excluding carboxylic acids is 1. The quantitative estimate of drug-likeness (QED) is 0.0204. The second kappa shape index (κ2) is 63.6. The van der Waals surface area contributed by atoms with Crippen molar-refractivity contribution in [3.8, 4) is 0 Å². The first-order chi connectivity index (χ1) is 45.6. The van der Waals surface area contributed by atoms with E-state index in [1.807, 2.05) is 0 Å². The Labute approximate surface area is 570 Å². The first-order valence-electron chi connectivity index (χ1n) is 39.7. The summed E-state index contributed by atoms with van der Waals surface area (Å²) in [6, 6.07) is -0.829. The lowest BCUT2D eigenvalue weighted by molar-refractivity contribution is -0.359. The number of hydrogen-bond donors (Lipinski definition) is 9. The van der Waals surface area contributed by atoms with Gasteiger partial charge in [0.15, 0.2) is 12.6 Å². The van der Waals surface area contributed by atoms with Crippen molar-refractivity contribution in [3.05, 3.63) is 36.5 Å². The Kier molecular flexibility index (Phi) is 59.7. The second-order valence-corrected chi connectivity index (χ2v) is 28.2. The number of hydrogen-bond acceptors (Lipinski definition) is 13. The van der Waals surface area contributed by atoms with Crippen molar-refractivity contribution in [1.29, 1.82) is 0 Å². The topological polar surface area (TPSA) is 228 Å². The number of amides is 1. The third kappa shape index (κ3) is 47.0. The van der Waals surface area contributed by atoms with Gasteiger partial charge in [0, 0.05) is 6.42 Å². The zero-order valence-electron chi connectivity index (χ0n) is 60.0. The average molecular weight is 1320 g/mol. The Morgan fingerprint density at radius 1 is 0.387 bits per heavy atom. The van der Waals surface area contributed by atoms with Crippen molar-refractivity contribution in [2.75, 3.05) is 19.8 Å². The molecule has 0 bridgehead atoms. The van der Waals surface area contributed by atoms with E-state index in [9.17, 15) is 45.6 Å². The number of unbranched alkanes of at least 4 members (excludes halogenated alkanes) is 48. The fourth-order valence-corrected chi connectivity index (χ4v) is 13.3. The van der Waals surface area contributed by atoms with Gasteiger partial charge < -0.3 is 65.1 Å². The van der Waals surface area contributed by atoms with Crippen molar-refractivity contribution in [1.82, 2.24) is 5.32 Å². The van der Waals surface area contributed by atoms with Crippen molar-refractivity contribution >= 4 is 5.91 Å². The molecule has 0 aliphatic carbocycles. The molecule has 0 aromatic heterocycles. The summed E-state index contributed by atoms with van der Waals surface area (Å²) in [5.41, 5.74) is 0. The molecule has 12 unspecified atom stereocenters. The number of carbonyl (C=O) groups is 1. The van der Waals surface area contributed by atoms with Crippen LogP contribution in [0.25, 0.3) is 0 Å². The fourth-order valence-electron chi connectivity index (χ4n) is 13.3. The number of nitrogens with one attached hydrogen (secondary N) is 1. The first-order valence-corrected chi connectivity index (χ1v) is 39.7. The van der Waals surface area contributed by atoms with Crippen molar-refractivity contribution in [2.45, 2.75) is 441 Å². The standard InChI is InChI=1S/C79H149NO13/c1-3-5-7-9-11-13-15-17-19-21-23-25-27-29-31-32-33-34-35-36-37-39-41-43-45-47-49-51-53-55-57-59-61-63-71(84)80-67(66-90-78-76(89)74(87)77(70(65-82)92-78)93-79-75(88)73(86)72(85)69(64-81)91-79)68(83)62-60-58-56-54-52-50-48-46-44-42-40-38-30-28-26-24-22-20-18-16-14-12-10-8-6-4-2/h15,17,21,23,27,29,67-70,72-79,81-83,85-89H,3-14,16,18-20,22,24-26,28,30-66H2,1-2H3,(H,80,84)/b17-15-,23-21-,29-27-. The summed E-state index contributed by atoms with van der Waals surface area (Å²) in [6.07, 6.45) is 66.1. The number of ether oxygens (including phenoxy) is 4. The number of aliphatic hydroxyl groups excluding tert-OH is 8. The second-order valence-electron chi connectivity index (χ2n) is 28.2. The predicted octanol–water partition coefficient (Wildman–Crippen LogP) is 17.6. The van der Waals surface area contributed by atoms with E-state index in [0.29, 0.717) is 12.8 Å². The van der Waals surface area contributed by atoms with E-state index < -0.39 is 86.8 Å². The maximum absolute atomic E-state index is 13.4. The molecule has 12 atom stereocenters. The Balaban J connectivity index is 1.61. The van der Waals surface area contributed by atoms with E-state index in [0.717, 1.165) is 64.2 Å². The summed E-state index contributed by atoms with van der Waals surface area (Å²) in [7, 11) is 0. The summed E-state index contributed by atoms with van der Waals surface area (Å²) < 4.78 is 23.0. The Hall–Kier alpha value is -1.79. The predicted molar refractivity (Wildman–Crippen MR) is 383 cm³/mol. The van der Waals surface area contributed by atoms with E-state index in [1.165, 1.54) is 276 Å². The minimum Gasteiger partial charge on any atom is -0.394 e. The highest BCUT2D eigenvalue weighted by Gasteiger charge is 2.51. The van der Waals surface area contributed by atoms with Crippen LogP contribution in [0.15, 0.2) is 36.5 Å². The maximum atomic E-state index is 13.4. The van der Waals surface area contributed by atoms with Gasteiger partial charge in [-0.15, -0.1) is 0 Å². The van der Waals surface area contributed by atoms with Crippen LogP contribution in [-0.2, 0) is 23.7 Å². The molecular weight excluding hydrogens is 1170 g/mol. The van der Waals surface area contributed by atoms with Gasteiger partial charge in [-0.2, -0.15) is 0 Å². The van der Waals surface area contributed by atoms with E-state index >= 15 is 0 Å². The van der Waals surface area contributed by atoms with E-state index in [1.54, 1.807) is 0 Å². The van der Waals surface area contributed by atoms with Crippen LogP contribution in [0.3, 0.4) is 0 Å². The van der Waals surface area contributed by atoms with Crippen LogP contribution in [0, 0.1) is 0 Å².